The normalized spacial score (nSPS) is 20.1. The summed E-state index contributed by atoms with van der Waals surface area (Å²) in [6.07, 6.45) is 15.0. The zero-order valence-corrected chi connectivity index (χ0v) is 27.9. The van der Waals surface area contributed by atoms with Crippen LogP contribution in [0, 0.1) is 17.8 Å². The second-order valence-electron chi connectivity index (χ2n) is 10.7. The fourth-order valence-electron chi connectivity index (χ4n) is 5.63. The van der Waals surface area contributed by atoms with E-state index in [1.165, 1.54) is 19.3 Å². The molecular formula is C30H58O5S2Si. The van der Waals surface area contributed by atoms with Gasteiger partial charge in [0.1, 0.15) is 0 Å². The average molecular weight is 591 g/mol. The van der Waals surface area contributed by atoms with Gasteiger partial charge in [0.2, 0.25) is 0 Å². The van der Waals surface area contributed by atoms with E-state index in [2.05, 4.69) is 13.8 Å². The highest BCUT2D eigenvalue weighted by molar-refractivity contribution is 8.13. The predicted molar refractivity (Wildman–Crippen MR) is 167 cm³/mol. The Morgan fingerprint density at radius 2 is 1.18 bits per heavy atom. The number of carbonyl (C=O) groups excluding carboxylic acids is 2. The van der Waals surface area contributed by atoms with E-state index in [0.29, 0.717) is 54.2 Å². The standard InChI is InChI=1S/C30H58O5S2Si/c1-6-11-13-15-29(31)36-22-19-27-18-17-26(21-24-38(33-8-3,34-9-4)35-10-5)25-28(27)20-23-37-30(32)16-14-12-7-2/h26-28H,6-25H2,1-5H3. The van der Waals surface area contributed by atoms with E-state index in [9.17, 15) is 9.59 Å². The number of hydrogen-bond acceptors (Lipinski definition) is 7. The lowest BCUT2D eigenvalue weighted by molar-refractivity contribution is -0.111. The summed E-state index contributed by atoms with van der Waals surface area (Å²) in [5.74, 6) is 3.80. The minimum atomic E-state index is -2.61. The molecular weight excluding hydrogens is 533 g/mol. The molecule has 38 heavy (non-hydrogen) atoms. The molecule has 224 valence electrons. The quantitative estimate of drug-likeness (QED) is 0.0869. The van der Waals surface area contributed by atoms with Gasteiger partial charge in [-0.15, -0.1) is 0 Å². The van der Waals surface area contributed by atoms with Gasteiger partial charge >= 0.3 is 8.80 Å². The predicted octanol–water partition coefficient (Wildman–Crippen LogP) is 8.92. The van der Waals surface area contributed by atoms with Crippen molar-refractivity contribution in [1.82, 2.24) is 0 Å². The highest BCUT2D eigenvalue weighted by atomic mass is 32.2. The van der Waals surface area contributed by atoms with Crippen molar-refractivity contribution in [1.29, 1.82) is 0 Å². The Morgan fingerprint density at radius 1 is 0.684 bits per heavy atom. The fraction of sp³-hybridized carbons (Fsp3) is 0.933. The molecule has 0 heterocycles. The molecule has 1 aliphatic carbocycles. The van der Waals surface area contributed by atoms with Crippen LogP contribution >= 0.6 is 23.5 Å². The zero-order valence-electron chi connectivity index (χ0n) is 25.2. The minimum Gasteiger partial charge on any atom is -0.374 e. The molecule has 0 saturated heterocycles. The van der Waals surface area contributed by atoms with Crippen molar-refractivity contribution in [2.45, 2.75) is 131 Å². The van der Waals surface area contributed by atoms with E-state index >= 15 is 0 Å². The SMILES string of the molecule is CCCCCC(=O)SCCC1CCC(CC[Si](OCC)(OCC)OCC)CC1CCSC(=O)CCCCC. The monoisotopic (exact) mass is 590 g/mol. The Kier molecular flexibility index (Phi) is 21.7. The number of rotatable bonds is 23. The van der Waals surface area contributed by atoms with Crippen LogP contribution in [0.1, 0.15) is 125 Å². The maximum Gasteiger partial charge on any atom is 0.500 e. The Labute approximate surface area is 244 Å². The number of carbonyl (C=O) groups is 2. The topological polar surface area (TPSA) is 61.8 Å². The summed E-state index contributed by atoms with van der Waals surface area (Å²) in [7, 11) is -2.61. The molecule has 5 nitrogen and oxygen atoms in total. The molecule has 1 saturated carbocycles. The third-order valence-corrected chi connectivity index (χ3v) is 12.7. The Morgan fingerprint density at radius 3 is 1.66 bits per heavy atom. The first-order valence-electron chi connectivity index (χ1n) is 15.7. The molecule has 0 amide bonds. The van der Waals surface area contributed by atoms with Gasteiger partial charge in [0.15, 0.2) is 10.2 Å². The van der Waals surface area contributed by atoms with E-state index in [-0.39, 0.29) is 0 Å². The first-order chi connectivity index (χ1) is 18.4. The Balaban J connectivity index is 2.68. The van der Waals surface area contributed by atoms with Gasteiger partial charge in [0.05, 0.1) is 0 Å². The summed E-state index contributed by atoms with van der Waals surface area (Å²) in [4.78, 5) is 24.6. The van der Waals surface area contributed by atoms with Crippen LogP contribution in [-0.2, 0) is 22.9 Å². The van der Waals surface area contributed by atoms with E-state index in [1.54, 1.807) is 23.5 Å². The molecule has 1 aliphatic rings. The Bertz CT molecular complexity index is 604. The molecule has 3 atom stereocenters. The summed E-state index contributed by atoms with van der Waals surface area (Å²) < 4.78 is 18.3. The van der Waals surface area contributed by atoms with Crippen LogP contribution in [0.25, 0.3) is 0 Å². The van der Waals surface area contributed by atoms with Crippen LogP contribution in [0.15, 0.2) is 0 Å². The van der Waals surface area contributed by atoms with Crippen molar-refractivity contribution >= 4 is 42.6 Å². The van der Waals surface area contributed by atoms with Crippen LogP contribution in [0.5, 0.6) is 0 Å². The van der Waals surface area contributed by atoms with Crippen molar-refractivity contribution in [2.24, 2.45) is 17.8 Å². The summed E-state index contributed by atoms with van der Waals surface area (Å²) in [5, 5.41) is 0.720. The van der Waals surface area contributed by atoms with Crippen LogP contribution < -0.4 is 0 Å². The lowest BCUT2D eigenvalue weighted by Gasteiger charge is -2.37. The van der Waals surface area contributed by atoms with Crippen LogP contribution in [-0.4, -0.2) is 50.4 Å². The Hall–Kier alpha value is 0.137. The molecule has 0 spiro atoms. The summed E-state index contributed by atoms with van der Waals surface area (Å²) in [5.41, 5.74) is 0. The van der Waals surface area contributed by atoms with Gasteiger partial charge in [0.25, 0.3) is 0 Å². The molecule has 0 aliphatic heterocycles. The lowest BCUT2D eigenvalue weighted by atomic mass is 9.71. The van der Waals surface area contributed by atoms with Gasteiger partial charge in [-0.1, -0.05) is 69.5 Å². The largest absolute Gasteiger partial charge is 0.500 e. The van der Waals surface area contributed by atoms with Crippen molar-refractivity contribution in [3.8, 4) is 0 Å². The van der Waals surface area contributed by atoms with Gasteiger partial charge < -0.3 is 13.3 Å². The first-order valence-corrected chi connectivity index (χ1v) is 19.6. The third kappa shape index (κ3) is 15.8. The molecule has 8 heteroatoms. The van der Waals surface area contributed by atoms with Gasteiger partial charge in [-0.25, -0.2) is 0 Å². The van der Waals surface area contributed by atoms with Crippen molar-refractivity contribution < 1.29 is 22.9 Å². The fourth-order valence-corrected chi connectivity index (χ4v) is 10.3. The van der Waals surface area contributed by atoms with E-state index in [0.717, 1.165) is 81.8 Å². The van der Waals surface area contributed by atoms with Gasteiger partial charge in [-0.05, 0) is 83.5 Å². The smallest absolute Gasteiger partial charge is 0.374 e. The summed E-state index contributed by atoms with van der Waals surface area (Å²) in [6.45, 7) is 12.3. The number of unbranched alkanes of at least 4 members (excludes halogenated alkanes) is 4. The molecule has 0 bridgehead atoms. The highest BCUT2D eigenvalue weighted by Crippen LogP contribution is 2.41. The van der Waals surface area contributed by atoms with Crippen molar-refractivity contribution in [2.75, 3.05) is 31.3 Å². The first kappa shape index (κ1) is 36.2. The molecule has 1 fully saturated rings. The van der Waals surface area contributed by atoms with Crippen LogP contribution in [0.4, 0.5) is 0 Å². The lowest BCUT2D eigenvalue weighted by Crippen LogP contribution is -2.46. The minimum absolute atomic E-state index is 0.358. The summed E-state index contributed by atoms with van der Waals surface area (Å²) >= 11 is 3.10. The second kappa shape index (κ2) is 22.8. The second-order valence-corrected chi connectivity index (χ2v) is 15.7. The maximum atomic E-state index is 12.3. The van der Waals surface area contributed by atoms with Gasteiger partial charge in [-0.2, -0.15) is 0 Å². The highest BCUT2D eigenvalue weighted by Gasteiger charge is 2.41. The van der Waals surface area contributed by atoms with Gasteiger partial charge in [-0.3, -0.25) is 9.59 Å². The van der Waals surface area contributed by atoms with Gasteiger partial charge in [0, 0.05) is 50.2 Å². The zero-order chi connectivity index (χ0) is 28.1. The molecule has 0 radical (unpaired) electrons. The van der Waals surface area contributed by atoms with Crippen molar-refractivity contribution in [3.63, 3.8) is 0 Å². The molecule has 0 aromatic rings. The third-order valence-electron chi connectivity index (χ3n) is 7.67. The maximum absolute atomic E-state index is 12.3. The molecule has 0 aromatic heterocycles. The van der Waals surface area contributed by atoms with Crippen molar-refractivity contribution in [3.05, 3.63) is 0 Å². The van der Waals surface area contributed by atoms with Crippen LogP contribution in [0.3, 0.4) is 0 Å². The number of thioether (sulfide) groups is 2. The van der Waals surface area contributed by atoms with E-state index in [4.69, 9.17) is 13.3 Å². The molecule has 0 aromatic carbocycles. The average Bonchev–Trinajstić information content (AvgIpc) is 2.89. The van der Waals surface area contributed by atoms with E-state index < -0.39 is 8.80 Å². The summed E-state index contributed by atoms with van der Waals surface area (Å²) in [6, 6.07) is 0.886. The number of hydrogen-bond donors (Lipinski definition) is 0. The molecule has 0 N–H and O–H groups in total. The van der Waals surface area contributed by atoms with Crippen LogP contribution in [0.2, 0.25) is 6.04 Å². The molecule has 1 rings (SSSR count). The van der Waals surface area contributed by atoms with E-state index in [1.807, 2.05) is 20.8 Å². The molecule has 3 unspecified atom stereocenters.